The topological polar surface area (TPSA) is 62.4 Å². The Hall–Kier alpha value is -0.940. The Balaban J connectivity index is 1.90. The van der Waals surface area contributed by atoms with E-state index in [1.165, 1.54) is 0 Å². The molecule has 1 saturated heterocycles. The van der Waals surface area contributed by atoms with Crippen molar-refractivity contribution in [2.24, 2.45) is 0 Å². The number of rotatable bonds is 2. The second-order valence-electron chi connectivity index (χ2n) is 3.75. The second kappa shape index (κ2) is 4.06. The van der Waals surface area contributed by atoms with Crippen LogP contribution in [0, 0.1) is 6.92 Å². The first-order chi connectivity index (χ1) is 6.74. The molecule has 0 aliphatic carbocycles. The number of aromatic nitrogens is 2. The first kappa shape index (κ1) is 9.61. The highest BCUT2D eigenvalue weighted by Gasteiger charge is 2.19. The predicted octanol–water partition coefficient (Wildman–Crippen LogP) is 0.335. The molecule has 1 atom stereocenters. The average molecular weight is 197 g/mol. The SMILES string of the molecule is Cc1nnc(CN2CCCC(O)C2)o1. The molecule has 2 heterocycles. The maximum absolute atomic E-state index is 9.45. The zero-order valence-electron chi connectivity index (χ0n) is 8.31. The molecule has 0 radical (unpaired) electrons. The summed E-state index contributed by atoms with van der Waals surface area (Å²) < 4.78 is 5.28. The van der Waals surface area contributed by atoms with Crippen LogP contribution in [0.5, 0.6) is 0 Å². The van der Waals surface area contributed by atoms with E-state index in [2.05, 4.69) is 15.1 Å². The Morgan fingerprint density at radius 3 is 3.07 bits per heavy atom. The van der Waals surface area contributed by atoms with Gasteiger partial charge in [0.2, 0.25) is 11.8 Å². The summed E-state index contributed by atoms with van der Waals surface area (Å²) in [7, 11) is 0. The van der Waals surface area contributed by atoms with Gasteiger partial charge in [0.25, 0.3) is 0 Å². The van der Waals surface area contributed by atoms with Gasteiger partial charge in [-0.1, -0.05) is 0 Å². The molecule has 1 aromatic rings. The van der Waals surface area contributed by atoms with Crippen LogP contribution in [0.3, 0.4) is 0 Å². The zero-order chi connectivity index (χ0) is 9.97. The Morgan fingerprint density at radius 1 is 1.57 bits per heavy atom. The van der Waals surface area contributed by atoms with Gasteiger partial charge in [0.1, 0.15) is 0 Å². The molecule has 1 unspecified atom stereocenters. The van der Waals surface area contributed by atoms with Gasteiger partial charge in [-0.3, -0.25) is 4.90 Å². The molecule has 0 amide bonds. The average Bonchev–Trinajstić information content (AvgIpc) is 2.51. The fourth-order valence-corrected chi connectivity index (χ4v) is 1.77. The number of nitrogens with zero attached hydrogens (tertiary/aromatic N) is 3. The number of likely N-dealkylation sites (tertiary alicyclic amines) is 1. The first-order valence-electron chi connectivity index (χ1n) is 4.93. The number of hydrogen-bond donors (Lipinski definition) is 1. The first-order valence-corrected chi connectivity index (χ1v) is 4.93. The standard InChI is InChI=1S/C9H15N3O2/c1-7-10-11-9(14-7)6-12-4-2-3-8(13)5-12/h8,13H,2-6H2,1H3. The predicted molar refractivity (Wildman–Crippen MR) is 49.6 cm³/mol. The van der Waals surface area contributed by atoms with Crippen LogP contribution in [0.25, 0.3) is 0 Å². The Labute approximate surface area is 82.7 Å². The molecule has 1 N–H and O–H groups in total. The largest absolute Gasteiger partial charge is 0.424 e. The second-order valence-corrected chi connectivity index (χ2v) is 3.75. The van der Waals surface area contributed by atoms with Crippen LogP contribution in [0.15, 0.2) is 4.42 Å². The van der Waals surface area contributed by atoms with E-state index in [4.69, 9.17) is 4.42 Å². The fraction of sp³-hybridized carbons (Fsp3) is 0.778. The van der Waals surface area contributed by atoms with E-state index < -0.39 is 0 Å². The highest BCUT2D eigenvalue weighted by atomic mass is 16.4. The molecule has 1 fully saturated rings. The molecule has 0 spiro atoms. The fourth-order valence-electron chi connectivity index (χ4n) is 1.77. The van der Waals surface area contributed by atoms with Crippen molar-refractivity contribution in [3.8, 4) is 0 Å². The lowest BCUT2D eigenvalue weighted by Crippen LogP contribution is -2.37. The van der Waals surface area contributed by atoms with Crippen molar-refractivity contribution in [1.82, 2.24) is 15.1 Å². The zero-order valence-corrected chi connectivity index (χ0v) is 8.31. The molecule has 5 nitrogen and oxygen atoms in total. The summed E-state index contributed by atoms with van der Waals surface area (Å²) in [6.45, 7) is 4.14. The van der Waals surface area contributed by atoms with Gasteiger partial charge < -0.3 is 9.52 Å². The lowest BCUT2D eigenvalue weighted by molar-refractivity contribution is 0.0623. The summed E-state index contributed by atoms with van der Waals surface area (Å²) in [5.74, 6) is 1.23. The Bertz CT molecular complexity index is 300. The van der Waals surface area contributed by atoms with E-state index in [1.54, 1.807) is 6.92 Å². The minimum atomic E-state index is -0.201. The van der Waals surface area contributed by atoms with Gasteiger partial charge in [-0.2, -0.15) is 0 Å². The number of aryl methyl sites for hydroxylation is 1. The molecule has 2 rings (SSSR count). The van der Waals surface area contributed by atoms with E-state index in [9.17, 15) is 5.11 Å². The summed E-state index contributed by atoms with van der Waals surface area (Å²) in [6.07, 6.45) is 1.74. The van der Waals surface area contributed by atoms with Crippen LogP contribution in [-0.4, -0.2) is 39.4 Å². The minimum Gasteiger partial charge on any atom is -0.424 e. The summed E-state index contributed by atoms with van der Waals surface area (Å²) in [6, 6.07) is 0. The molecule has 0 aromatic carbocycles. The number of aliphatic hydroxyl groups is 1. The lowest BCUT2D eigenvalue weighted by Gasteiger charge is -2.28. The third-order valence-electron chi connectivity index (χ3n) is 2.41. The number of β-amino-alcohol motifs (C(OH)–C–C–N with tert-alkyl or cyclic N) is 1. The summed E-state index contributed by atoms with van der Waals surface area (Å²) in [5, 5.41) is 17.1. The third-order valence-corrected chi connectivity index (χ3v) is 2.41. The summed E-state index contributed by atoms with van der Waals surface area (Å²) >= 11 is 0. The van der Waals surface area contributed by atoms with E-state index in [0.717, 1.165) is 19.4 Å². The normalized spacial score (nSPS) is 24.0. The van der Waals surface area contributed by atoms with Crippen LogP contribution in [0.2, 0.25) is 0 Å². The van der Waals surface area contributed by atoms with Crippen molar-refractivity contribution in [2.45, 2.75) is 32.4 Å². The molecule has 5 heteroatoms. The quantitative estimate of drug-likeness (QED) is 0.740. The van der Waals surface area contributed by atoms with Gasteiger partial charge in [0, 0.05) is 13.5 Å². The van der Waals surface area contributed by atoms with Gasteiger partial charge >= 0.3 is 0 Å². The molecule has 1 aliphatic heterocycles. The van der Waals surface area contributed by atoms with Gasteiger partial charge in [0.15, 0.2) is 0 Å². The summed E-state index contributed by atoms with van der Waals surface area (Å²) in [5.41, 5.74) is 0. The molecular weight excluding hydrogens is 182 g/mol. The molecule has 78 valence electrons. The highest BCUT2D eigenvalue weighted by Crippen LogP contribution is 2.12. The molecule has 0 saturated carbocycles. The van der Waals surface area contributed by atoms with Crippen molar-refractivity contribution < 1.29 is 9.52 Å². The number of aliphatic hydroxyl groups excluding tert-OH is 1. The smallest absolute Gasteiger partial charge is 0.230 e. The van der Waals surface area contributed by atoms with Crippen LogP contribution in [0.4, 0.5) is 0 Å². The van der Waals surface area contributed by atoms with Crippen LogP contribution in [-0.2, 0) is 6.54 Å². The van der Waals surface area contributed by atoms with Gasteiger partial charge in [-0.15, -0.1) is 10.2 Å². The maximum Gasteiger partial charge on any atom is 0.230 e. The molecular formula is C9H15N3O2. The van der Waals surface area contributed by atoms with Crippen molar-refractivity contribution in [3.05, 3.63) is 11.8 Å². The van der Waals surface area contributed by atoms with E-state index in [-0.39, 0.29) is 6.10 Å². The molecule has 14 heavy (non-hydrogen) atoms. The third kappa shape index (κ3) is 2.30. The van der Waals surface area contributed by atoms with E-state index in [1.807, 2.05) is 0 Å². The maximum atomic E-state index is 9.45. The molecule has 1 aliphatic rings. The van der Waals surface area contributed by atoms with Crippen molar-refractivity contribution in [2.75, 3.05) is 13.1 Å². The Kier molecular flexibility index (Phi) is 2.79. The van der Waals surface area contributed by atoms with Gasteiger partial charge in [-0.25, -0.2) is 0 Å². The number of piperidine rings is 1. The van der Waals surface area contributed by atoms with Crippen molar-refractivity contribution >= 4 is 0 Å². The van der Waals surface area contributed by atoms with Crippen molar-refractivity contribution in [1.29, 1.82) is 0 Å². The van der Waals surface area contributed by atoms with Gasteiger partial charge in [-0.05, 0) is 19.4 Å². The lowest BCUT2D eigenvalue weighted by atomic mass is 10.1. The van der Waals surface area contributed by atoms with E-state index >= 15 is 0 Å². The van der Waals surface area contributed by atoms with Crippen molar-refractivity contribution in [3.63, 3.8) is 0 Å². The van der Waals surface area contributed by atoms with Crippen LogP contribution < -0.4 is 0 Å². The molecule has 1 aromatic heterocycles. The molecule has 0 bridgehead atoms. The van der Waals surface area contributed by atoms with E-state index in [0.29, 0.717) is 24.9 Å². The van der Waals surface area contributed by atoms with Gasteiger partial charge in [0.05, 0.1) is 12.6 Å². The monoisotopic (exact) mass is 197 g/mol. The van der Waals surface area contributed by atoms with Crippen LogP contribution in [0.1, 0.15) is 24.6 Å². The minimum absolute atomic E-state index is 0.201. The highest BCUT2D eigenvalue weighted by molar-refractivity contribution is 4.81. The number of hydrogen-bond acceptors (Lipinski definition) is 5. The summed E-state index contributed by atoms with van der Waals surface area (Å²) in [4.78, 5) is 2.14. The Morgan fingerprint density at radius 2 is 2.43 bits per heavy atom. The van der Waals surface area contributed by atoms with Crippen LogP contribution >= 0.6 is 0 Å².